The molecule has 3 aromatic rings. The second kappa shape index (κ2) is 10.7. The van der Waals surface area contributed by atoms with E-state index in [1.54, 1.807) is 30.3 Å². The Balaban J connectivity index is 1.74. The van der Waals surface area contributed by atoms with Crippen LogP contribution in [0.4, 0.5) is 10.8 Å². The SMILES string of the molecule is C=CCSc1nnc(NC(=O)c2ccc(N(C)S(=O)(=O)c3ccc(OC)c(OC)c3)cc2)s1. The highest BCUT2D eigenvalue weighted by Gasteiger charge is 2.23. The smallest absolute Gasteiger partial charge is 0.264 e. The third-order valence-corrected chi connectivity index (χ3v) is 8.21. The number of anilines is 2. The first-order valence-electron chi connectivity index (χ1n) is 9.49. The van der Waals surface area contributed by atoms with Gasteiger partial charge in [-0.3, -0.25) is 14.4 Å². The van der Waals surface area contributed by atoms with Crippen molar-refractivity contribution in [2.75, 3.05) is 36.6 Å². The summed E-state index contributed by atoms with van der Waals surface area (Å²) >= 11 is 2.74. The van der Waals surface area contributed by atoms with Crippen LogP contribution in [0.5, 0.6) is 11.5 Å². The highest BCUT2D eigenvalue weighted by Crippen LogP contribution is 2.32. The molecule has 0 bridgehead atoms. The van der Waals surface area contributed by atoms with Gasteiger partial charge in [-0.1, -0.05) is 29.2 Å². The fraction of sp³-hybridized carbons (Fsp3) is 0.190. The van der Waals surface area contributed by atoms with Crippen molar-refractivity contribution in [2.45, 2.75) is 9.24 Å². The second-order valence-electron chi connectivity index (χ2n) is 6.46. The predicted octanol–water partition coefficient (Wildman–Crippen LogP) is 3.91. The first-order valence-corrected chi connectivity index (χ1v) is 12.7. The number of methoxy groups -OCH3 is 2. The standard InChI is InChI=1S/C21H22N4O5S3/c1-5-12-31-21-24-23-20(32-21)22-19(26)14-6-8-15(9-7-14)25(2)33(27,28)16-10-11-17(29-3)18(13-16)30-4/h5-11,13H,1,12H2,2-4H3,(H,22,23,26). The van der Waals surface area contributed by atoms with Gasteiger partial charge >= 0.3 is 0 Å². The summed E-state index contributed by atoms with van der Waals surface area (Å²) in [5, 5.41) is 11.0. The Morgan fingerprint density at radius 2 is 1.85 bits per heavy atom. The molecule has 0 spiro atoms. The molecular formula is C21H22N4O5S3. The van der Waals surface area contributed by atoms with Gasteiger partial charge in [0.05, 0.1) is 24.8 Å². The third-order valence-electron chi connectivity index (χ3n) is 4.46. The number of hydrogen-bond acceptors (Lipinski definition) is 9. The third kappa shape index (κ3) is 5.64. The first kappa shape index (κ1) is 24.6. The van der Waals surface area contributed by atoms with E-state index < -0.39 is 10.0 Å². The van der Waals surface area contributed by atoms with Crippen LogP contribution in [0.2, 0.25) is 0 Å². The molecule has 9 nitrogen and oxygen atoms in total. The van der Waals surface area contributed by atoms with Crippen molar-refractivity contribution in [3.8, 4) is 11.5 Å². The van der Waals surface area contributed by atoms with Crippen LogP contribution >= 0.6 is 23.1 Å². The lowest BCUT2D eigenvalue weighted by Gasteiger charge is -2.20. The van der Waals surface area contributed by atoms with Crippen molar-refractivity contribution in [3.63, 3.8) is 0 Å². The molecule has 0 unspecified atom stereocenters. The summed E-state index contributed by atoms with van der Waals surface area (Å²) in [6, 6.07) is 10.6. The first-order chi connectivity index (χ1) is 15.8. The maximum Gasteiger partial charge on any atom is 0.264 e. The van der Waals surface area contributed by atoms with Gasteiger partial charge in [-0.25, -0.2) is 8.42 Å². The molecule has 174 valence electrons. The van der Waals surface area contributed by atoms with E-state index in [0.717, 1.165) is 8.64 Å². The van der Waals surface area contributed by atoms with E-state index in [4.69, 9.17) is 9.47 Å². The second-order valence-corrected chi connectivity index (χ2v) is 10.7. The summed E-state index contributed by atoms with van der Waals surface area (Å²) in [4.78, 5) is 12.6. The number of rotatable bonds is 10. The zero-order valence-electron chi connectivity index (χ0n) is 18.1. The molecule has 0 fully saturated rings. The summed E-state index contributed by atoms with van der Waals surface area (Å²) in [5.41, 5.74) is 0.742. The predicted molar refractivity (Wildman–Crippen MR) is 130 cm³/mol. The molecule has 0 saturated heterocycles. The van der Waals surface area contributed by atoms with Crippen molar-refractivity contribution in [2.24, 2.45) is 0 Å². The fourth-order valence-electron chi connectivity index (χ4n) is 2.71. The molecule has 1 amide bonds. The van der Waals surface area contributed by atoms with Crippen LogP contribution in [0.25, 0.3) is 0 Å². The number of thioether (sulfide) groups is 1. The Labute approximate surface area is 200 Å². The maximum atomic E-state index is 13.1. The molecule has 1 heterocycles. The number of carbonyl (C=O) groups excluding carboxylic acids is 1. The Hall–Kier alpha value is -3.09. The lowest BCUT2D eigenvalue weighted by atomic mass is 10.2. The monoisotopic (exact) mass is 506 g/mol. The maximum absolute atomic E-state index is 13.1. The minimum absolute atomic E-state index is 0.0471. The zero-order valence-corrected chi connectivity index (χ0v) is 20.6. The average Bonchev–Trinajstić information content (AvgIpc) is 3.28. The van der Waals surface area contributed by atoms with E-state index >= 15 is 0 Å². The van der Waals surface area contributed by atoms with Gasteiger partial charge in [0, 0.05) is 24.4 Å². The van der Waals surface area contributed by atoms with Crippen molar-refractivity contribution in [1.29, 1.82) is 0 Å². The molecule has 0 aliphatic rings. The molecule has 0 aliphatic carbocycles. The summed E-state index contributed by atoms with van der Waals surface area (Å²) in [6.07, 6.45) is 1.76. The lowest BCUT2D eigenvalue weighted by Crippen LogP contribution is -2.26. The van der Waals surface area contributed by atoms with Crippen LogP contribution in [0.3, 0.4) is 0 Å². The summed E-state index contributed by atoms with van der Waals surface area (Å²) < 4.78 is 38.3. The Bertz CT molecular complexity index is 1240. The zero-order chi connectivity index (χ0) is 24.0. The number of hydrogen-bond donors (Lipinski definition) is 1. The molecule has 0 atom stereocenters. The summed E-state index contributed by atoms with van der Waals surface area (Å²) in [5.74, 6) is 1.06. The van der Waals surface area contributed by atoms with E-state index in [1.807, 2.05) is 0 Å². The van der Waals surface area contributed by atoms with Gasteiger partial charge in [-0.15, -0.1) is 16.8 Å². The molecule has 0 radical (unpaired) electrons. The summed E-state index contributed by atoms with van der Waals surface area (Å²) in [7, 11) is 0.479. The van der Waals surface area contributed by atoms with E-state index in [0.29, 0.717) is 33.6 Å². The van der Waals surface area contributed by atoms with Crippen molar-refractivity contribution in [3.05, 3.63) is 60.7 Å². The van der Waals surface area contributed by atoms with Gasteiger partial charge in [-0.05, 0) is 36.4 Å². The largest absolute Gasteiger partial charge is 0.493 e. The Morgan fingerprint density at radius 3 is 2.48 bits per heavy atom. The van der Waals surface area contributed by atoms with E-state index in [-0.39, 0.29) is 10.8 Å². The number of nitrogens with zero attached hydrogens (tertiary/aromatic N) is 3. The van der Waals surface area contributed by atoms with Crippen LogP contribution in [0.15, 0.2) is 64.4 Å². The van der Waals surface area contributed by atoms with Gasteiger partial charge < -0.3 is 9.47 Å². The molecule has 12 heteroatoms. The minimum Gasteiger partial charge on any atom is -0.493 e. The highest BCUT2D eigenvalue weighted by molar-refractivity contribution is 8.01. The number of benzene rings is 2. The Morgan fingerprint density at radius 1 is 1.15 bits per heavy atom. The van der Waals surface area contributed by atoms with Gasteiger partial charge in [0.1, 0.15) is 0 Å². The van der Waals surface area contributed by atoms with Gasteiger partial charge in [0.2, 0.25) is 5.13 Å². The number of sulfonamides is 1. The van der Waals surface area contributed by atoms with Gasteiger partial charge in [-0.2, -0.15) is 0 Å². The topological polar surface area (TPSA) is 111 Å². The molecule has 33 heavy (non-hydrogen) atoms. The van der Waals surface area contributed by atoms with Crippen molar-refractivity contribution in [1.82, 2.24) is 10.2 Å². The van der Waals surface area contributed by atoms with E-state index in [9.17, 15) is 13.2 Å². The summed E-state index contributed by atoms with van der Waals surface area (Å²) in [6.45, 7) is 3.65. The molecule has 3 rings (SSSR count). The van der Waals surface area contributed by atoms with Crippen LogP contribution in [-0.4, -0.2) is 51.5 Å². The van der Waals surface area contributed by atoms with Crippen LogP contribution in [-0.2, 0) is 10.0 Å². The quantitative estimate of drug-likeness (QED) is 0.250. The number of amides is 1. The van der Waals surface area contributed by atoms with Gasteiger partial charge in [0.15, 0.2) is 15.8 Å². The molecule has 1 N–H and O–H groups in total. The number of carbonyl (C=O) groups is 1. The van der Waals surface area contributed by atoms with Gasteiger partial charge in [0.25, 0.3) is 15.9 Å². The number of aromatic nitrogens is 2. The average molecular weight is 507 g/mol. The van der Waals surface area contributed by atoms with Crippen LogP contribution in [0.1, 0.15) is 10.4 Å². The fourth-order valence-corrected chi connectivity index (χ4v) is 5.43. The van der Waals surface area contributed by atoms with E-state index in [2.05, 4.69) is 22.1 Å². The lowest BCUT2D eigenvalue weighted by molar-refractivity contribution is 0.102. The molecular weight excluding hydrogens is 484 g/mol. The minimum atomic E-state index is -3.86. The van der Waals surface area contributed by atoms with Crippen LogP contribution < -0.4 is 19.1 Å². The molecule has 2 aromatic carbocycles. The molecule has 0 saturated carbocycles. The number of ether oxygens (including phenoxy) is 2. The van der Waals surface area contributed by atoms with Crippen LogP contribution in [0, 0.1) is 0 Å². The molecule has 0 aliphatic heterocycles. The Kier molecular flexibility index (Phi) is 7.95. The van der Waals surface area contributed by atoms with Crippen molar-refractivity contribution >= 4 is 49.8 Å². The number of nitrogens with one attached hydrogen (secondary N) is 1. The normalized spacial score (nSPS) is 11.0. The molecule has 1 aromatic heterocycles. The van der Waals surface area contributed by atoms with E-state index in [1.165, 1.54) is 62.6 Å². The van der Waals surface area contributed by atoms with Crippen molar-refractivity contribution < 1.29 is 22.7 Å². The highest BCUT2D eigenvalue weighted by atomic mass is 32.2.